The predicted octanol–water partition coefficient (Wildman–Crippen LogP) is 4.11. The summed E-state index contributed by atoms with van der Waals surface area (Å²) in [6, 6.07) is 8.00. The standard InChI is InChI=1S/C16H18FNO3/c1-16(2,3)21-15(19)18-10-11-7-12(9-13(17)8-11)14-5-4-6-20-14/h4-9H,10H2,1-3H3,(H,18,19). The maximum atomic E-state index is 13.6. The molecule has 5 heteroatoms. The second-order valence-corrected chi connectivity index (χ2v) is 5.68. The Kier molecular flexibility index (Phi) is 4.31. The molecule has 0 atom stereocenters. The molecule has 1 amide bonds. The second-order valence-electron chi connectivity index (χ2n) is 5.68. The van der Waals surface area contributed by atoms with Gasteiger partial charge >= 0.3 is 6.09 Å². The molecule has 21 heavy (non-hydrogen) atoms. The van der Waals surface area contributed by atoms with Crippen molar-refractivity contribution in [3.8, 4) is 11.3 Å². The third kappa shape index (κ3) is 4.63. The highest BCUT2D eigenvalue weighted by Gasteiger charge is 2.16. The summed E-state index contributed by atoms with van der Waals surface area (Å²) in [6.07, 6.45) is 0.991. The van der Waals surface area contributed by atoms with Gasteiger partial charge in [0.15, 0.2) is 0 Å². The van der Waals surface area contributed by atoms with Gasteiger partial charge in [0.2, 0.25) is 0 Å². The summed E-state index contributed by atoms with van der Waals surface area (Å²) < 4.78 is 24.0. The van der Waals surface area contributed by atoms with E-state index >= 15 is 0 Å². The van der Waals surface area contributed by atoms with Gasteiger partial charge in [0, 0.05) is 12.1 Å². The molecular weight excluding hydrogens is 273 g/mol. The number of hydrogen-bond acceptors (Lipinski definition) is 3. The number of hydrogen-bond donors (Lipinski definition) is 1. The average molecular weight is 291 g/mol. The molecule has 0 unspecified atom stereocenters. The van der Waals surface area contributed by atoms with Crippen molar-refractivity contribution in [1.82, 2.24) is 5.32 Å². The topological polar surface area (TPSA) is 51.5 Å². The molecule has 0 bridgehead atoms. The number of carbonyl (C=O) groups is 1. The van der Waals surface area contributed by atoms with Crippen LogP contribution in [0.3, 0.4) is 0 Å². The molecule has 1 heterocycles. The van der Waals surface area contributed by atoms with Crippen molar-refractivity contribution in [3.63, 3.8) is 0 Å². The van der Waals surface area contributed by atoms with Gasteiger partial charge in [-0.15, -0.1) is 0 Å². The van der Waals surface area contributed by atoms with Crippen LogP contribution in [0.15, 0.2) is 41.0 Å². The van der Waals surface area contributed by atoms with E-state index in [0.29, 0.717) is 16.9 Å². The number of carbonyl (C=O) groups excluding carboxylic acids is 1. The normalized spacial score (nSPS) is 11.2. The molecule has 112 valence electrons. The molecule has 0 saturated heterocycles. The van der Waals surface area contributed by atoms with Crippen molar-refractivity contribution in [3.05, 3.63) is 48.0 Å². The molecule has 0 radical (unpaired) electrons. The van der Waals surface area contributed by atoms with Crippen molar-refractivity contribution in [1.29, 1.82) is 0 Å². The van der Waals surface area contributed by atoms with Gasteiger partial charge in [-0.2, -0.15) is 0 Å². The number of rotatable bonds is 3. The smallest absolute Gasteiger partial charge is 0.407 e. The summed E-state index contributed by atoms with van der Waals surface area (Å²) in [6.45, 7) is 5.53. The zero-order valence-corrected chi connectivity index (χ0v) is 12.3. The van der Waals surface area contributed by atoms with Crippen molar-refractivity contribution in [2.45, 2.75) is 32.9 Å². The van der Waals surface area contributed by atoms with Crippen molar-refractivity contribution in [2.75, 3.05) is 0 Å². The first-order chi connectivity index (χ1) is 9.83. The number of amides is 1. The van der Waals surface area contributed by atoms with E-state index in [1.54, 1.807) is 39.0 Å². The molecule has 1 aromatic carbocycles. The Balaban J connectivity index is 2.06. The maximum Gasteiger partial charge on any atom is 0.407 e. The first-order valence-electron chi connectivity index (χ1n) is 6.64. The van der Waals surface area contributed by atoms with E-state index in [-0.39, 0.29) is 12.4 Å². The Labute approximate surface area is 122 Å². The molecule has 0 spiro atoms. The van der Waals surface area contributed by atoms with Crippen molar-refractivity contribution < 1.29 is 18.3 Å². The lowest BCUT2D eigenvalue weighted by Gasteiger charge is -2.19. The van der Waals surface area contributed by atoms with Crippen LogP contribution in [0.4, 0.5) is 9.18 Å². The zero-order valence-electron chi connectivity index (χ0n) is 12.3. The van der Waals surface area contributed by atoms with Crippen LogP contribution in [0.2, 0.25) is 0 Å². The van der Waals surface area contributed by atoms with Crippen molar-refractivity contribution >= 4 is 6.09 Å². The average Bonchev–Trinajstić information content (AvgIpc) is 2.87. The number of benzene rings is 1. The summed E-state index contributed by atoms with van der Waals surface area (Å²) >= 11 is 0. The van der Waals surface area contributed by atoms with Crippen molar-refractivity contribution in [2.24, 2.45) is 0 Å². The molecule has 0 saturated carbocycles. The summed E-state index contributed by atoms with van der Waals surface area (Å²) in [5.41, 5.74) is 0.694. The number of alkyl carbamates (subject to hydrolysis) is 1. The van der Waals surface area contributed by atoms with Gasteiger partial charge in [0.1, 0.15) is 17.2 Å². The highest BCUT2D eigenvalue weighted by molar-refractivity contribution is 5.68. The summed E-state index contributed by atoms with van der Waals surface area (Å²) in [4.78, 5) is 11.6. The van der Waals surface area contributed by atoms with Crippen LogP contribution in [0.25, 0.3) is 11.3 Å². The van der Waals surface area contributed by atoms with Gasteiger partial charge < -0.3 is 14.5 Å². The molecular formula is C16H18FNO3. The summed E-state index contributed by atoms with van der Waals surface area (Å²) in [5.74, 6) is 0.193. The number of furan rings is 1. The number of ether oxygens (including phenoxy) is 1. The zero-order chi connectivity index (χ0) is 15.5. The van der Waals surface area contributed by atoms with E-state index in [2.05, 4.69) is 5.32 Å². The van der Waals surface area contributed by atoms with Crippen LogP contribution in [-0.4, -0.2) is 11.7 Å². The Morgan fingerprint density at radius 1 is 1.33 bits per heavy atom. The lowest BCUT2D eigenvalue weighted by atomic mass is 10.1. The fourth-order valence-electron chi connectivity index (χ4n) is 1.83. The quantitative estimate of drug-likeness (QED) is 0.925. The minimum Gasteiger partial charge on any atom is -0.464 e. The van der Waals surface area contributed by atoms with Gasteiger partial charge in [-0.25, -0.2) is 9.18 Å². The Morgan fingerprint density at radius 3 is 2.71 bits per heavy atom. The fraction of sp³-hybridized carbons (Fsp3) is 0.312. The number of nitrogens with one attached hydrogen (secondary N) is 1. The minimum absolute atomic E-state index is 0.181. The highest BCUT2D eigenvalue weighted by atomic mass is 19.1. The lowest BCUT2D eigenvalue weighted by Crippen LogP contribution is -2.32. The Bertz CT molecular complexity index is 615. The van der Waals surface area contributed by atoms with Crippen LogP contribution in [0.1, 0.15) is 26.3 Å². The van der Waals surface area contributed by atoms with Gasteiger partial charge in [-0.3, -0.25) is 0 Å². The SMILES string of the molecule is CC(C)(C)OC(=O)NCc1cc(F)cc(-c2ccco2)c1. The maximum absolute atomic E-state index is 13.6. The third-order valence-electron chi connectivity index (χ3n) is 2.60. The molecule has 0 fully saturated rings. The largest absolute Gasteiger partial charge is 0.464 e. The van der Waals surface area contributed by atoms with E-state index < -0.39 is 11.7 Å². The van der Waals surface area contributed by atoms with E-state index in [1.165, 1.54) is 18.4 Å². The van der Waals surface area contributed by atoms with Crippen LogP contribution in [0, 0.1) is 5.82 Å². The van der Waals surface area contributed by atoms with E-state index in [1.807, 2.05) is 0 Å². The molecule has 0 aliphatic carbocycles. The van der Waals surface area contributed by atoms with Gasteiger partial charge in [0.25, 0.3) is 0 Å². The van der Waals surface area contributed by atoms with Gasteiger partial charge in [-0.05, 0) is 56.7 Å². The molecule has 4 nitrogen and oxygen atoms in total. The molecule has 0 aliphatic rings. The second kappa shape index (κ2) is 5.99. The van der Waals surface area contributed by atoms with Crippen LogP contribution < -0.4 is 5.32 Å². The lowest BCUT2D eigenvalue weighted by molar-refractivity contribution is 0.0523. The van der Waals surface area contributed by atoms with Crippen LogP contribution in [0.5, 0.6) is 0 Å². The van der Waals surface area contributed by atoms with Gasteiger partial charge in [0.05, 0.1) is 6.26 Å². The minimum atomic E-state index is -0.564. The summed E-state index contributed by atoms with van der Waals surface area (Å²) in [7, 11) is 0. The van der Waals surface area contributed by atoms with Gasteiger partial charge in [-0.1, -0.05) is 0 Å². The highest BCUT2D eigenvalue weighted by Crippen LogP contribution is 2.22. The first-order valence-corrected chi connectivity index (χ1v) is 6.64. The van der Waals surface area contributed by atoms with Crippen LogP contribution in [-0.2, 0) is 11.3 Å². The van der Waals surface area contributed by atoms with E-state index in [4.69, 9.17) is 9.15 Å². The molecule has 2 rings (SSSR count). The number of halogens is 1. The molecule has 1 aromatic heterocycles. The third-order valence-corrected chi connectivity index (χ3v) is 2.60. The Morgan fingerprint density at radius 2 is 2.10 bits per heavy atom. The first kappa shape index (κ1) is 15.1. The van der Waals surface area contributed by atoms with Crippen LogP contribution >= 0.6 is 0 Å². The monoisotopic (exact) mass is 291 g/mol. The van der Waals surface area contributed by atoms with E-state index in [0.717, 1.165) is 0 Å². The Hall–Kier alpha value is -2.30. The molecule has 0 aliphatic heterocycles. The molecule has 1 N–H and O–H groups in total. The van der Waals surface area contributed by atoms with E-state index in [9.17, 15) is 9.18 Å². The molecule has 2 aromatic rings. The predicted molar refractivity (Wildman–Crippen MR) is 77.2 cm³/mol. The summed E-state index contributed by atoms with van der Waals surface area (Å²) in [5, 5.41) is 2.60. The fourth-order valence-corrected chi connectivity index (χ4v) is 1.83.